The van der Waals surface area contributed by atoms with Crippen molar-refractivity contribution in [1.29, 1.82) is 0 Å². The molecule has 0 bridgehead atoms. The van der Waals surface area contributed by atoms with Crippen LogP contribution in [0.15, 0.2) is 84.9 Å². The molecule has 0 spiro atoms. The molecule has 1 aliphatic rings. The van der Waals surface area contributed by atoms with E-state index in [9.17, 15) is 0 Å². The van der Waals surface area contributed by atoms with Crippen molar-refractivity contribution >= 4 is 0 Å². The van der Waals surface area contributed by atoms with Gasteiger partial charge in [-0.3, -0.25) is 0 Å². The Morgan fingerprint density at radius 1 is 0.852 bits per heavy atom. The Bertz CT molecular complexity index is 846. The fourth-order valence-electron chi connectivity index (χ4n) is 4.17. The number of hydrogen-bond acceptors (Lipinski definition) is 2. The molecule has 27 heavy (non-hydrogen) atoms. The van der Waals surface area contributed by atoms with Crippen molar-refractivity contribution in [2.75, 3.05) is 26.7 Å². The zero-order chi connectivity index (χ0) is 18.5. The highest BCUT2D eigenvalue weighted by Crippen LogP contribution is 2.35. The fraction of sp³-hybridized carbons (Fsp3) is 0.280. The molecule has 138 valence electrons. The van der Waals surface area contributed by atoms with Gasteiger partial charge in [-0.15, -0.1) is 0 Å². The highest BCUT2D eigenvalue weighted by molar-refractivity contribution is 5.70. The molecule has 1 unspecified atom stereocenters. The summed E-state index contributed by atoms with van der Waals surface area (Å²) in [5, 5.41) is 0. The van der Waals surface area contributed by atoms with Crippen LogP contribution in [-0.4, -0.2) is 31.6 Å². The summed E-state index contributed by atoms with van der Waals surface area (Å²) in [7, 11) is 2.21. The Morgan fingerprint density at radius 3 is 2.30 bits per heavy atom. The Balaban J connectivity index is 1.53. The van der Waals surface area contributed by atoms with Crippen molar-refractivity contribution in [2.24, 2.45) is 5.92 Å². The molecule has 1 aliphatic heterocycles. The first-order chi connectivity index (χ1) is 13.3. The summed E-state index contributed by atoms with van der Waals surface area (Å²) in [5.74, 6) is 2.03. The molecule has 1 heterocycles. The number of likely N-dealkylation sites (tertiary alicyclic amines) is 1. The van der Waals surface area contributed by atoms with Crippen LogP contribution >= 0.6 is 0 Å². The first kappa shape index (κ1) is 17.8. The zero-order valence-electron chi connectivity index (χ0n) is 15.9. The molecule has 0 amide bonds. The minimum atomic E-state index is 0.495. The molecular formula is C25H27NO. The highest BCUT2D eigenvalue weighted by atomic mass is 16.5. The molecule has 0 N–H and O–H groups in total. The summed E-state index contributed by atoms with van der Waals surface area (Å²) in [6.45, 7) is 2.97. The van der Waals surface area contributed by atoms with Gasteiger partial charge < -0.3 is 9.64 Å². The lowest BCUT2D eigenvalue weighted by Crippen LogP contribution is -2.39. The second-order valence-electron chi connectivity index (χ2n) is 7.50. The van der Waals surface area contributed by atoms with Crippen LogP contribution in [0.2, 0.25) is 0 Å². The lowest BCUT2D eigenvalue weighted by molar-refractivity contribution is 0.130. The van der Waals surface area contributed by atoms with E-state index in [-0.39, 0.29) is 0 Å². The topological polar surface area (TPSA) is 12.5 Å². The van der Waals surface area contributed by atoms with Gasteiger partial charge in [-0.1, -0.05) is 78.9 Å². The van der Waals surface area contributed by atoms with Gasteiger partial charge in [-0.05, 0) is 43.1 Å². The van der Waals surface area contributed by atoms with Crippen molar-refractivity contribution in [2.45, 2.75) is 12.3 Å². The van der Waals surface area contributed by atoms with E-state index in [1.807, 2.05) is 0 Å². The van der Waals surface area contributed by atoms with E-state index < -0.39 is 0 Å². The summed E-state index contributed by atoms with van der Waals surface area (Å²) < 4.78 is 6.40. The Labute approximate surface area is 162 Å². The van der Waals surface area contributed by atoms with Crippen molar-refractivity contribution in [3.05, 3.63) is 90.5 Å². The molecule has 0 aliphatic carbocycles. The third-order valence-electron chi connectivity index (χ3n) is 5.59. The smallest absolute Gasteiger partial charge is 0.127 e. The van der Waals surface area contributed by atoms with Gasteiger partial charge in [0.1, 0.15) is 5.75 Å². The molecule has 2 nitrogen and oxygen atoms in total. The minimum Gasteiger partial charge on any atom is -0.493 e. The van der Waals surface area contributed by atoms with E-state index in [0.29, 0.717) is 11.8 Å². The molecule has 1 fully saturated rings. The minimum absolute atomic E-state index is 0.495. The molecule has 0 saturated carbocycles. The van der Waals surface area contributed by atoms with Crippen molar-refractivity contribution in [3.8, 4) is 16.9 Å². The largest absolute Gasteiger partial charge is 0.493 e. The van der Waals surface area contributed by atoms with Gasteiger partial charge in [0.2, 0.25) is 0 Å². The van der Waals surface area contributed by atoms with Gasteiger partial charge in [0.15, 0.2) is 0 Å². The number of ether oxygens (including phenoxy) is 1. The quantitative estimate of drug-likeness (QED) is 0.600. The molecule has 3 aromatic carbocycles. The van der Waals surface area contributed by atoms with Crippen LogP contribution < -0.4 is 4.74 Å². The maximum absolute atomic E-state index is 6.40. The second-order valence-corrected chi connectivity index (χ2v) is 7.50. The van der Waals surface area contributed by atoms with Crippen LogP contribution in [-0.2, 0) is 0 Å². The van der Waals surface area contributed by atoms with Gasteiger partial charge in [0, 0.05) is 18.0 Å². The van der Waals surface area contributed by atoms with Crippen molar-refractivity contribution in [1.82, 2.24) is 4.90 Å². The first-order valence-electron chi connectivity index (χ1n) is 9.82. The van der Waals surface area contributed by atoms with E-state index in [0.717, 1.165) is 25.4 Å². The van der Waals surface area contributed by atoms with E-state index in [4.69, 9.17) is 4.74 Å². The van der Waals surface area contributed by atoms with Crippen molar-refractivity contribution < 1.29 is 4.74 Å². The molecular weight excluding hydrogens is 330 g/mol. The Kier molecular flexibility index (Phi) is 5.55. The van der Waals surface area contributed by atoms with Gasteiger partial charge in [-0.25, -0.2) is 0 Å². The van der Waals surface area contributed by atoms with Gasteiger partial charge in [0.05, 0.1) is 6.61 Å². The van der Waals surface area contributed by atoms with E-state index >= 15 is 0 Å². The van der Waals surface area contributed by atoms with E-state index in [1.54, 1.807) is 0 Å². The normalized spacial score (nSPS) is 20.3. The maximum atomic E-state index is 6.40. The third kappa shape index (κ3) is 4.23. The summed E-state index contributed by atoms with van der Waals surface area (Å²) in [4.78, 5) is 2.43. The SMILES string of the molecule is CN1CCC(c2ccccc2)[C@H](COc2ccccc2-c2ccccc2)C1. The zero-order valence-corrected chi connectivity index (χ0v) is 15.9. The Hall–Kier alpha value is -2.58. The number of benzene rings is 3. The maximum Gasteiger partial charge on any atom is 0.127 e. The summed E-state index contributed by atoms with van der Waals surface area (Å²) >= 11 is 0. The number of nitrogens with zero attached hydrogens (tertiary/aromatic N) is 1. The number of para-hydroxylation sites is 1. The number of rotatable bonds is 5. The van der Waals surface area contributed by atoms with Crippen molar-refractivity contribution in [3.63, 3.8) is 0 Å². The second kappa shape index (κ2) is 8.41. The number of piperidine rings is 1. The van der Waals surface area contributed by atoms with Crippen LogP contribution in [0.25, 0.3) is 11.1 Å². The fourth-order valence-corrected chi connectivity index (χ4v) is 4.17. The van der Waals surface area contributed by atoms with Crippen LogP contribution in [0.4, 0.5) is 0 Å². The van der Waals surface area contributed by atoms with Crippen LogP contribution in [0.5, 0.6) is 5.75 Å². The summed E-state index contributed by atoms with van der Waals surface area (Å²) in [5.41, 5.74) is 3.81. The van der Waals surface area contributed by atoms with E-state index in [2.05, 4.69) is 96.9 Å². The van der Waals surface area contributed by atoms with Gasteiger partial charge in [0.25, 0.3) is 0 Å². The standard InChI is InChI=1S/C25H27NO/c1-26-17-16-23(20-10-4-2-5-11-20)22(18-26)19-27-25-15-9-8-14-24(25)21-12-6-3-7-13-21/h2-15,22-23H,16-19H2,1H3/t22-,23?/m0/s1. The molecule has 0 radical (unpaired) electrons. The summed E-state index contributed by atoms with van der Waals surface area (Å²) in [6.07, 6.45) is 1.19. The Morgan fingerprint density at radius 2 is 1.52 bits per heavy atom. The lowest BCUT2D eigenvalue weighted by atomic mass is 9.81. The average Bonchev–Trinajstić information content (AvgIpc) is 2.74. The molecule has 4 rings (SSSR count). The molecule has 0 aromatic heterocycles. The number of hydrogen-bond donors (Lipinski definition) is 0. The van der Waals surface area contributed by atoms with Gasteiger partial charge >= 0.3 is 0 Å². The predicted octanol–water partition coefficient (Wildman–Crippen LogP) is 5.47. The predicted molar refractivity (Wildman–Crippen MR) is 112 cm³/mol. The summed E-state index contributed by atoms with van der Waals surface area (Å²) in [6, 6.07) is 29.8. The molecule has 2 heteroatoms. The first-order valence-corrected chi connectivity index (χ1v) is 9.82. The van der Waals surface area contributed by atoms with Crippen LogP contribution in [0.3, 0.4) is 0 Å². The highest BCUT2D eigenvalue weighted by Gasteiger charge is 2.29. The molecule has 2 atom stereocenters. The van der Waals surface area contributed by atoms with Crippen LogP contribution in [0, 0.1) is 5.92 Å². The van der Waals surface area contributed by atoms with Gasteiger partial charge in [-0.2, -0.15) is 0 Å². The average molecular weight is 357 g/mol. The van der Waals surface area contributed by atoms with Crippen LogP contribution in [0.1, 0.15) is 17.9 Å². The third-order valence-corrected chi connectivity index (χ3v) is 5.59. The van der Waals surface area contributed by atoms with E-state index in [1.165, 1.54) is 23.1 Å². The molecule has 3 aromatic rings. The lowest BCUT2D eigenvalue weighted by Gasteiger charge is -2.37. The molecule has 1 saturated heterocycles. The monoisotopic (exact) mass is 357 g/mol.